The summed E-state index contributed by atoms with van der Waals surface area (Å²) in [6, 6.07) is 16.2. The SMILES string of the molecule is Cc1ccc2c(c1)C(=O)n1c-2cc2ccccc21. The third-order valence-electron chi connectivity index (χ3n) is 3.60. The molecule has 0 amide bonds. The van der Waals surface area contributed by atoms with Gasteiger partial charge in [0, 0.05) is 16.5 Å². The molecule has 0 spiro atoms. The molecule has 0 fully saturated rings. The number of hydrogen-bond donors (Lipinski definition) is 0. The first-order valence-corrected chi connectivity index (χ1v) is 6.02. The Morgan fingerprint density at radius 1 is 0.944 bits per heavy atom. The van der Waals surface area contributed by atoms with Gasteiger partial charge < -0.3 is 0 Å². The van der Waals surface area contributed by atoms with E-state index < -0.39 is 0 Å². The van der Waals surface area contributed by atoms with Crippen LogP contribution in [-0.2, 0) is 0 Å². The summed E-state index contributed by atoms with van der Waals surface area (Å²) in [6.45, 7) is 2.01. The average Bonchev–Trinajstić information content (AvgIpc) is 2.87. The predicted molar refractivity (Wildman–Crippen MR) is 71.8 cm³/mol. The van der Waals surface area contributed by atoms with Crippen LogP contribution in [0, 0.1) is 6.92 Å². The van der Waals surface area contributed by atoms with Crippen molar-refractivity contribution in [2.45, 2.75) is 6.92 Å². The summed E-state index contributed by atoms with van der Waals surface area (Å²) in [5.74, 6) is 0.0879. The predicted octanol–water partition coefficient (Wildman–Crippen LogP) is 3.62. The Morgan fingerprint density at radius 2 is 1.78 bits per heavy atom. The zero-order valence-electron chi connectivity index (χ0n) is 9.97. The molecule has 0 aliphatic carbocycles. The molecule has 0 unspecified atom stereocenters. The second-order valence-corrected chi connectivity index (χ2v) is 4.78. The van der Waals surface area contributed by atoms with Crippen molar-refractivity contribution in [2.75, 3.05) is 0 Å². The van der Waals surface area contributed by atoms with E-state index in [4.69, 9.17) is 0 Å². The molecule has 3 aromatic rings. The average molecular weight is 233 g/mol. The second-order valence-electron chi connectivity index (χ2n) is 4.78. The highest BCUT2D eigenvalue weighted by molar-refractivity contribution is 6.14. The van der Waals surface area contributed by atoms with Crippen LogP contribution in [-0.4, -0.2) is 10.5 Å². The molecule has 0 atom stereocenters. The first-order chi connectivity index (χ1) is 8.75. The van der Waals surface area contributed by atoms with Gasteiger partial charge in [-0.3, -0.25) is 9.36 Å². The number of aromatic nitrogens is 1. The van der Waals surface area contributed by atoms with Gasteiger partial charge in [0.15, 0.2) is 0 Å². The van der Waals surface area contributed by atoms with Crippen LogP contribution in [0.2, 0.25) is 0 Å². The molecule has 1 aromatic heterocycles. The third-order valence-corrected chi connectivity index (χ3v) is 3.60. The first kappa shape index (κ1) is 9.66. The Hall–Kier alpha value is -2.35. The van der Waals surface area contributed by atoms with Gasteiger partial charge in [-0.1, -0.05) is 35.9 Å². The maximum absolute atomic E-state index is 12.5. The molecule has 0 radical (unpaired) electrons. The van der Waals surface area contributed by atoms with E-state index in [9.17, 15) is 4.79 Å². The second kappa shape index (κ2) is 3.10. The summed E-state index contributed by atoms with van der Waals surface area (Å²) in [5.41, 5.74) is 4.98. The molecule has 2 aromatic carbocycles. The van der Waals surface area contributed by atoms with Crippen LogP contribution in [0.25, 0.3) is 22.2 Å². The number of nitrogens with zero attached hydrogens (tertiary/aromatic N) is 1. The monoisotopic (exact) mass is 233 g/mol. The van der Waals surface area contributed by atoms with Gasteiger partial charge in [0.05, 0.1) is 11.2 Å². The van der Waals surface area contributed by atoms with Gasteiger partial charge in [0.2, 0.25) is 0 Å². The number of rotatable bonds is 0. The Bertz CT molecular complexity index is 811. The molecule has 0 bridgehead atoms. The Balaban J connectivity index is 2.14. The fourth-order valence-electron chi connectivity index (χ4n) is 2.75. The van der Waals surface area contributed by atoms with Gasteiger partial charge in [-0.15, -0.1) is 0 Å². The van der Waals surface area contributed by atoms with Crippen LogP contribution in [0.15, 0.2) is 48.5 Å². The number of hydrogen-bond acceptors (Lipinski definition) is 1. The molecular weight excluding hydrogens is 222 g/mol. The summed E-state index contributed by atoms with van der Waals surface area (Å²) in [7, 11) is 0. The van der Waals surface area contributed by atoms with Crippen molar-refractivity contribution in [2.24, 2.45) is 0 Å². The zero-order valence-corrected chi connectivity index (χ0v) is 9.97. The van der Waals surface area contributed by atoms with Crippen LogP contribution in [0.1, 0.15) is 15.9 Å². The van der Waals surface area contributed by atoms with Gasteiger partial charge in [-0.05, 0) is 25.1 Å². The van der Waals surface area contributed by atoms with Crippen molar-refractivity contribution in [3.8, 4) is 11.3 Å². The van der Waals surface area contributed by atoms with Crippen LogP contribution in [0.4, 0.5) is 0 Å². The Labute approximate surface area is 104 Å². The Kier molecular flexibility index (Phi) is 1.67. The first-order valence-electron chi connectivity index (χ1n) is 6.02. The number of carbonyl (C=O) groups is 1. The molecule has 1 aliphatic heterocycles. The molecule has 0 saturated heterocycles. The van der Waals surface area contributed by atoms with Crippen LogP contribution in [0.3, 0.4) is 0 Å². The zero-order chi connectivity index (χ0) is 12.3. The molecule has 2 heterocycles. The maximum atomic E-state index is 12.5. The molecule has 2 nitrogen and oxygen atoms in total. The quantitative estimate of drug-likeness (QED) is 0.454. The van der Waals surface area contributed by atoms with Gasteiger partial charge >= 0.3 is 0 Å². The van der Waals surface area contributed by atoms with Crippen molar-refractivity contribution < 1.29 is 4.79 Å². The number of benzene rings is 2. The number of fused-ring (bicyclic) bond motifs is 5. The van der Waals surface area contributed by atoms with E-state index in [0.29, 0.717) is 0 Å². The lowest BCUT2D eigenvalue weighted by Gasteiger charge is -1.99. The van der Waals surface area contributed by atoms with Gasteiger partial charge in [-0.2, -0.15) is 0 Å². The molecule has 18 heavy (non-hydrogen) atoms. The summed E-state index contributed by atoms with van der Waals surface area (Å²) in [4.78, 5) is 12.5. The summed E-state index contributed by atoms with van der Waals surface area (Å²) < 4.78 is 1.82. The van der Waals surface area contributed by atoms with E-state index in [1.165, 1.54) is 0 Å². The van der Waals surface area contributed by atoms with Gasteiger partial charge in [0.25, 0.3) is 5.91 Å². The largest absolute Gasteiger partial charge is 0.276 e. The summed E-state index contributed by atoms with van der Waals surface area (Å²) in [6.07, 6.45) is 0. The molecule has 0 saturated carbocycles. The van der Waals surface area contributed by atoms with E-state index >= 15 is 0 Å². The van der Waals surface area contributed by atoms with Crippen molar-refractivity contribution in [3.63, 3.8) is 0 Å². The summed E-state index contributed by atoms with van der Waals surface area (Å²) in [5, 5.41) is 1.12. The van der Waals surface area contributed by atoms with E-state index in [0.717, 1.165) is 33.3 Å². The fourth-order valence-corrected chi connectivity index (χ4v) is 2.75. The van der Waals surface area contributed by atoms with Crippen molar-refractivity contribution in [3.05, 3.63) is 59.7 Å². The van der Waals surface area contributed by atoms with E-state index in [1.54, 1.807) is 0 Å². The Morgan fingerprint density at radius 3 is 2.67 bits per heavy atom. The lowest BCUT2D eigenvalue weighted by Crippen LogP contribution is -2.05. The molecule has 4 rings (SSSR count). The topological polar surface area (TPSA) is 22.0 Å². The number of carbonyl (C=O) groups excluding carboxylic acids is 1. The minimum Gasteiger partial charge on any atom is -0.276 e. The minimum atomic E-state index is 0.0879. The molecule has 2 heteroatoms. The smallest absolute Gasteiger partial charge is 0.263 e. The number of para-hydroxylation sites is 1. The van der Waals surface area contributed by atoms with E-state index in [1.807, 2.05) is 47.9 Å². The lowest BCUT2D eigenvalue weighted by molar-refractivity contribution is 0.0973. The van der Waals surface area contributed by atoms with Crippen molar-refractivity contribution >= 4 is 16.8 Å². The molecular formula is C16H11NO. The van der Waals surface area contributed by atoms with Crippen molar-refractivity contribution in [1.29, 1.82) is 0 Å². The van der Waals surface area contributed by atoms with E-state index in [2.05, 4.69) is 12.1 Å². The summed E-state index contributed by atoms with van der Waals surface area (Å²) >= 11 is 0. The highest BCUT2D eigenvalue weighted by atomic mass is 16.2. The van der Waals surface area contributed by atoms with Crippen molar-refractivity contribution in [1.82, 2.24) is 4.57 Å². The lowest BCUT2D eigenvalue weighted by atomic mass is 10.0. The molecule has 86 valence electrons. The standard InChI is InChI=1S/C16H11NO/c1-10-6-7-12-13(8-10)16(18)17-14-5-3-2-4-11(14)9-15(12)17/h2-9H,1H3. The van der Waals surface area contributed by atoms with Crippen LogP contribution < -0.4 is 0 Å². The maximum Gasteiger partial charge on any atom is 0.263 e. The van der Waals surface area contributed by atoms with Crippen LogP contribution in [0.5, 0.6) is 0 Å². The van der Waals surface area contributed by atoms with E-state index in [-0.39, 0.29) is 5.91 Å². The fraction of sp³-hybridized carbons (Fsp3) is 0.0625. The van der Waals surface area contributed by atoms with Crippen LogP contribution >= 0.6 is 0 Å². The highest BCUT2D eigenvalue weighted by Gasteiger charge is 2.28. The van der Waals surface area contributed by atoms with Gasteiger partial charge in [0.1, 0.15) is 0 Å². The van der Waals surface area contributed by atoms with Gasteiger partial charge in [-0.25, -0.2) is 0 Å². The highest BCUT2D eigenvalue weighted by Crippen LogP contribution is 2.37. The third kappa shape index (κ3) is 1.05. The molecule has 1 aliphatic rings. The normalized spacial score (nSPS) is 12.8. The number of aryl methyl sites for hydroxylation is 1. The minimum absolute atomic E-state index is 0.0879. The molecule has 0 N–H and O–H groups in total.